The number of esters is 1. The van der Waals surface area contributed by atoms with E-state index in [-0.39, 0.29) is 12.0 Å². The number of nitrogens with one attached hydrogen (secondary N) is 1. The van der Waals surface area contributed by atoms with Crippen LogP contribution in [0.15, 0.2) is 0 Å². The minimum absolute atomic E-state index is 0.131. The molecule has 0 aliphatic rings. The summed E-state index contributed by atoms with van der Waals surface area (Å²) in [7, 11) is 1.59. The third-order valence-electron chi connectivity index (χ3n) is 2.69. The van der Waals surface area contributed by atoms with E-state index in [0.29, 0.717) is 19.4 Å². The molecule has 0 aliphatic carbocycles. The van der Waals surface area contributed by atoms with Gasteiger partial charge in [0.1, 0.15) is 11.2 Å². The molecule has 0 heterocycles. The van der Waals surface area contributed by atoms with Crippen LogP contribution in [0.4, 0.5) is 4.79 Å². The van der Waals surface area contributed by atoms with Gasteiger partial charge in [0.05, 0.1) is 12.6 Å². The number of carbonyl (C=O) groups excluding carboxylic acids is 2. The van der Waals surface area contributed by atoms with E-state index in [2.05, 4.69) is 5.32 Å². The van der Waals surface area contributed by atoms with Crippen LogP contribution in [0.25, 0.3) is 0 Å². The molecule has 0 aromatic rings. The van der Waals surface area contributed by atoms with Gasteiger partial charge in [-0.25, -0.2) is 4.79 Å². The first kappa shape index (κ1) is 21.7. The highest BCUT2D eigenvalue weighted by Crippen LogP contribution is 2.12. The first-order valence-corrected chi connectivity index (χ1v) is 8.13. The Balaban J connectivity index is 4.10. The van der Waals surface area contributed by atoms with E-state index in [1.54, 1.807) is 7.11 Å². The summed E-state index contributed by atoms with van der Waals surface area (Å²) in [6.07, 6.45) is 2.15. The molecule has 23 heavy (non-hydrogen) atoms. The van der Waals surface area contributed by atoms with Gasteiger partial charge in [0.15, 0.2) is 0 Å². The monoisotopic (exact) mass is 331 g/mol. The molecule has 0 spiro atoms. The van der Waals surface area contributed by atoms with Gasteiger partial charge in [0.2, 0.25) is 0 Å². The maximum absolute atomic E-state index is 11.8. The smallest absolute Gasteiger partial charge is 0.407 e. The molecule has 0 aromatic heterocycles. The summed E-state index contributed by atoms with van der Waals surface area (Å²) < 4.78 is 15.6. The highest BCUT2D eigenvalue weighted by molar-refractivity contribution is 5.69. The number of ether oxygens (including phenoxy) is 3. The van der Waals surface area contributed by atoms with Gasteiger partial charge < -0.3 is 19.5 Å². The molecule has 0 saturated heterocycles. The third kappa shape index (κ3) is 14.0. The predicted octanol–water partition coefficient (Wildman–Crippen LogP) is 3.43. The second-order valence-corrected chi connectivity index (χ2v) is 7.63. The zero-order valence-electron chi connectivity index (χ0n) is 15.7. The summed E-state index contributed by atoms with van der Waals surface area (Å²) in [5.41, 5.74) is -0.980. The number of rotatable bonds is 8. The number of unbranched alkanes of at least 4 members (excludes halogenated alkanes) is 1. The lowest BCUT2D eigenvalue weighted by Crippen LogP contribution is -2.41. The molecule has 0 aliphatic heterocycles. The summed E-state index contributed by atoms with van der Waals surface area (Å²) in [5, 5.41) is 2.80. The zero-order valence-corrected chi connectivity index (χ0v) is 15.7. The fraction of sp³-hybridized carbons (Fsp3) is 0.882. The van der Waals surface area contributed by atoms with Crippen LogP contribution in [0, 0.1) is 0 Å². The van der Waals surface area contributed by atoms with Gasteiger partial charge in [-0.3, -0.25) is 4.79 Å². The van der Waals surface area contributed by atoms with E-state index in [0.717, 1.165) is 12.8 Å². The topological polar surface area (TPSA) is 73.9 Å². The van der Waals surface area contributed by atoms with Crippen molar-refractivity contribution in [1.29, 1.82) is 0 Å². The number of hydrogen-bond acceptors (Lipinski definition) is 5. The maximum atomic E-state index is 11.8. The predicted molar refractivity (Wildman–Crippen MR) is 89.3 cm³/mol. The van der Waals surface area contributed by atoms with E-state index in [1.165, 1.54) is 0 Å². The molecule has 0 fully saturated rings. The summed E-state index contributed by atoms with van der Waals surface area (Å²) >= 11 is 0. The van der Waals surface area contributed by atoms with Gasteiger partial charge in [-0.2, -0.15) is 0 Å². The van der Waals surface area contributed by atoms with Gasteiger partial charge in [-0.1, -0.05) is 6.42 Å². The van der Waals surface area contributed by atoms with Crippen LogP contribution in [0.1, 0.15) is 67.2 Å². The normalized spacial score (nSPS) is 13.3. The summed E-state index contributed by atoms with van der Waals surface area (Å²) in [6.45, 7) is 11.4. The van der Waals surface area contributed by atoms with E-state index in [1.807, 2.05) is 41.5 Å². The molecule has 0 bridgehead atoms. The molecule has 136 valence electrons. The second kappa shape index (κ2) is 9.75. The zero-order chi connectivity index (χ0) is 18.1. The largest absolute Gasteiger partial charge is 0.460 e. The minimum atomic E-state index is -0.529. The molecule has 0 unspecified atom stereocenters. The minimum Gasteiger partial charge on any atom is -0.460 e. The van der Waals surface area contributed by atoms with Crippen molar-refractivity contribution < 1.29 is 23.8 Å². The van der Waals surface area contributed by atoms with E-state index < -0.39 is 17.3 Å². The quantitative estimate of drug-likeness (QED) is 0.545. The molecule has 0 radical (unpaired) electrons. The molecule has 0 saturated carbocycles. The van der Waals surface area contributed by atoms with Gasteiger partial charge in [0.25, 0.3) is 0 Å². The second-order valence-electron chi connectivity index (χ2n) is 7.63. The molecule has 0 rings (SSSR count). The van der Waals surface area contributed by atoms with Crippen LogP contribution < -0.4 is 5.32 Å². The third-order valence-corrected chi connectivity index (χ3v) is 2.69. The van der Waals surface area contributed by atoms with Crippen LogP contribution in [0.3, 0.4) is 0 Å². The van der Waals surface area contributed by atoms with Crippen LogP contribution in [0.5, 0.6) is 0 Å². The lowest BCUT2D eigenvalue weighted by atomic mass is 10.1. The van der Waals surface area contributed by atoms with Crippen molar-refractivity contribution >= 4 is 12.1 Å². The molecule has 1 amide bonds. The summed E-state index contributed by atoms with van der Waals surface area (Å²) in [4.78, 5) is 23.4. The van der Waals surface area contributed by atoms with Crippen LogP contribution >= 0.6 is 0 Å². The first-order valence-electron chi connectivity index (χ1n) is 8.13. The highest BCUT2D eigenvalue weighted by atomic mass is 16.6. The Hall–Kier alpha value is -1.30. The van der Waals surface area contributed by atoms with Crippen LogP contribution in [0.2, 0.25) is 0 Å². The summed E-state index contributed by atoms with van der Waals surface area (Å²) in [6, 6.07) is -0.131. The van der Waals surface area contributed by atoms with Gasteiger partial charge in [-0.05, 0) is 54.4 Å². The van der Waals surface area contributed by atoms with Crippen molar-refractivity contribution in [2.45, 2.75) is 84.5 Å². The van der Waals surface area contributed by atoms with Crippen molar-refractivity contribution in [3.05, 3.63) is 0 Å². The molecule has 1 atom stereocenters. The number of carbonyl (C=O) groups is 2. The van der Waals surface area contributed by atoms with Crippen LogP contribution in [-0.2, 0) is 19.0 Å². The Kier molecular flexibility index (Phi) is 9.20. The standard InChI is InChI=1S/C17H33NO5/c1-16(2,3)22-14(19)11-9-8-10-13(12-21-7)18-15(20)23-17(4,5)6/h13H,8-12H2,1-7H3,(H,18,20)/t13-/m0/s1. The SMILES string of the molecule is COC[C@H](CCCCC(=O)OC(C)(C)C)NC(=O)OC(C)(C)C. The number of methoxy groups -OCH3 is 1. The lowest BCUT2D eigenvalue weighted by Gasteiger charge is -2.23. The van der Waals surface area contributed by atoms with E-state index in [9.17, 15) is 9.59 Å². The highest BCUT2D eigenvalue weighted by Gasteiger charge is 2.20. The van der Waals surface area contributed by atoms with Gasteiger partial charge >= 0.3 is 12.1 Å². The molecular weight excluding hydrogens is 298 g/mol. The van der Waals surface area contributed by atoms with Crippen LogP contribution in [-0.4, -0.2) is 43.0 Å². The van der Waals surface area contributed by atoms with E-state index >= 15 is 0 Å². The van der Waals surface area contributed by atoms with Crippen molar-refractivity contribution in [2.75, 3.05) is 13.7 Å². The van der Waals surface area contributed by atoms with Crippen molar-refractivity contribution in [1.82, 2.24) is 5.32 Å². The first-order chi connectivity index (χ1) is 10.4. The van der Waals surface area contributed by atoms with Gasteiger partial charge in [-0.15, -0.1) is 0 Å². The molecule has 6 nitrogen and oxygen atoms in total. The maximum Gasteiger partial charge on any atom is 0.407 e. The van der Waals surface area contributed by atoms with Crippen molar-refractivity contribution in [3.8, 4) is 0 Å². The fourth-order valence-electron chi connectivity index (χ4n) is 1.93. The Morgan fingerprint density at radius 2 is 1.52 bits per heavy atom. The Morgan fingerprint density at radius 3 is 2.00 bits per heavy atom. The van der Waals surface area contributed by atoms with Gasteiger partial charge in [0, 0.05) is 13.5 Å². The van der Waals surface area contributed by atoms with Crippen molar-refractivity contribution in [2.24, 2.45) is 0 Å². The molecule has 0 aromatic carbocycles. The Morgan fingerprint density at radius 1 is 0.957 bits per heavy atom. The number of amides is 1. The average Bonchev–Trinajstić information content (AvgIpc) is 2.30. The molecular formula is C17H33NO5. The van der Waals surface area contributed by atoms with E-state index in [4.69, 9.17) is 14.2 Å². The number of hydrogen-bond donors (Lipinski definition) is 1. The van der Waals surface area contributed by atoms with Crippen molar-refractivity contribution in [3.63, 3.8) is 0 Å². The Labute approximate surface area is 140 Å². The fourth-order valence-corrected chi connectivity index (χ4v) is 1.93. The average molecular weight is 331 g/mol. The number of alkyl carbamates (subject to hydrolysis) is 1. The molecule has 1 N–H and O–H groups in total. The summed E-state index contributed by atoms with van der Waals surface area (Å²) in [5.74, 6) is -0.194. The lowest BCUT2D eigenvalue weighted by molar-refractivity contribution is -0.154. The Bertz CT molecular complexity index is 368. The molecule has 6 heteroatoms.